The van der Waals surface area contributed by atoms with Crippen LogP contribution in [0.25, 0.3) is 0 Å². The Morgan fingerprint density at radius 2 is 2.00 bits per heavy atom. The summed E-state index contributed by atoms with van der Waals surface area (Å²) >= 11 is 1.61. The monoisotopic (exact) mass is 481 g/mol. The lowest BCUT2D eigenvalue weighted by molar-refractivity contribution is -0.119. The fourth-order valence-corrected chi connectivity index (χ4v) is 3.94. The van der Waals surface area contributed by atoms with Crippen LogP contribution < -0.4 is 16.0 Å². The van der Waals surface area contributed by atoms with E-state index in [1.165, 1.54) is 0 Å². The SMILES string of the molecule is CC(C)C(=O)Nc1cc2c(cn1)SCCC(=O)N2C.NC(=O)c1n[nH]c(Cc2ccccc2)n1. The average Bonchev–Trinajstić information content (AvgIpc) is 3.24. The molecule has 0 fully saturated rings. The van der Waals surface area contributed by atoms with E-state index in [1.807, 2.05) is 44.2 Å². The van der Waals surface area contributed by atoms with Crippen molar-refractivity contribution in [3.63, 3.8) is 0 Å². The maximum Gasteiger partial charge on any atom is 0.288 e. The summed E-state index contributed by atoms with van der Waals surface area (Å²) in [5, 5.41) is 9.12. The summed E-state index contributed by atoms with van der Waals surface area (Å²) in [6, 6.07) is 11.5. The normalized spacial score (nSPS) is 12.9. The van der Waals surface area contributed by atoms with Crippen LogP contribution in [0.3, 0.4) is 0 Å². The third kappa shape index (κ3) is 6.64. The van der Waals surface area contributed by atoms with Crippen molar-refractivity contribution in [2.75, 3.05) is 23.0 Å². The van der Waals surface area contributed by atoms with E-state index in [-0.39, 0.29) is 23.6 Å². The smallest absolute Gasteiger partial charge is 0.288 e. The standard InChI is InChI=1S/C13H17N3O2S.C10H10N4O/c1-8(2)13(18)15-11-6-9-10(7-14-11)19-5-4-12(17)16(9)3;11-9(15)10-12-8(13-14-10)6-7-4-2-1-3-5-7/h6-8H,4-5H2,1-3H3,(H,14,15,18);1-5H,6H2,(H2,11,15)(H,12,13,14). The summed E-state index contributed by atoms with van der Waals surface area (Å²) in [4.78, 5) is 45.0. The molecular weight excluding hydrogens is 454 g/mol. The van der Waals surface area contributed by atoms with Crippen LogP contribution in [0.15, 0.2) is 47.5 Å². The Balaban J connectivity index is 0.000000196. The maximum atomic E-state index is 11.8. The highest BCUT2D eigenvalue weighted by Gasteiger charge is 2.20. The van der Waals surface area contributed by atoms with Crippen molar-refractivity contribution in [1.29, 1.82) is 0 Å². The fraction of sp³-hybridized carbons (Fsp3) is 0.304. The van der Waals surface area contributed by atoms with E-state index < -0.39 is 5.91 Å². The molecule has 10 nitrogen and oxygen atoms in total. The van der Waals surface area contributed by atoms with E-state index >= 15 is 0 Å². The highest BCUT2D eigenvalue weighted by Crippen LogP contribution is 2.34. The van der Waals surface area contributed by atoms with Gasteiger partial charge in [0.1, 0.15) is 11.6 Å². The first-order valence-corrected chi connectivity index (χ1v) is 11.7. The number of aromatic amines is 1. The Morgan fingerprint density at radius 3 is 2.65 bits per heavy atom. The van der Waals surface area contributed by atoms with Crippen LogP contribution in [0.1, 0.15) is 42.3 Å². The van der Waals surface area contributed by atoms with Gasteiger partial charge in [-0.25, -0.2) is 9.97 Å². The quantitative estimate of drug-likeness (QED) is 0.507. The molecule has 11 heteroatoms. The first-order valence-electron chi connectivity index (χ1n) is 10.7. The summed E-state index contributed by atoms with van der Waals surface area (Å²) in [6.45, 7) is 3.65. The molecule has 1 aliphatic heterocycles. The molecule has 2 aromatic heterocycles. The van der Waals surface area contributed by atoms with Crippen LogP contribution in [0, 0.1) is 5.92 Å². The van der Waals surface area contributed by atoms with Crippen molar-refractivity contribution in [3.05, 3.63) is 59.8 Å². The van der Waals surface area contributed by atoms with Crippen molar-refractivity contribution < 1.29 is 14.4 Å². The molecule has 0 bridgehead atoms. The Hall–Kier alpha value is -3.73. The first kappa shape index (κ1) is 24.9. The van der Waals surface area contributed by atoms with Gasteiger partial charge in [0.15, 0.2) is 0 Å². The number of anilines is 2. The number of nitrogens with zero attached hydrogens (tertiary/aromatic N) is 4. The Labute approximate surface area is 201 Å². The zero-order valence-electron chi connectivity index (χ0n) is 19.2. The molecule has 0 spiro atoms. The number of thioether (sulfide) groups is 1. The highest BCUT2D eigenvalue weighted by molar-refractivity contribution is 7.99. The number of rotatable bonds is 5. The molecule has 4 N–H and O–H groups in total. The van der Waals surface area contributed by atoms with Crippen molar-refractivity contribution in [1.82, 2.24) is 20.2 Å². The molecule has 0 saturated heterocycles. The Kier molecular flexibility index (Phi) is 8.36. The zero-order valence-corrected chi connectivity index (χ0v) is 20.1. The van der Waals surface area contributed by atoms with Gasteiger partial charge in [-0.15, -0.1) is 16.9 Å². The summed E-state index contributed by atoms with van der Waals surface area (Å²) in [7, 11) is 1.75. The van der Waals surface area contributed by atoms with Crippen LogP contribution in [0.2, 0.25) is 0 Å². The van der Waals surface area contributed by atoms with Gasteiger partial charge in [0.2, 0.25) is 17.6 Å². The molecule has 0 atom stereocenters. The molecule has 1 aliphatic rings. The topological polar surface area (TPSA) is 147 Å². The van der Waals surface area contributed by atoms with Crippen molar-refractivity contribution in [2.45, 2.75) is 31.6 Å². The molecule has 34 heavy (non-hydrogen) atoms. The molecule has 3 amide bonds. The second kappa shape index (κ2) is 11.4. The third-order valence-electron chi connectivity index (χ3n) is 4.90. The minimum Gasteiger partial charge on any atom is -0.363 e. The minimum atomic E-state index is -0.620. The molecule has 3 heterocycles. The number of fused-ring (bicyclic) bond motifs is 1. The van der Waals surface area contributed by atoms with Gasteiger partial charge in [-0.1, -0.05) is 44.2 Å². The second-order valence-corrected chi connectivity index (χ2v) is 9.00. The van der Waals surface area contributed by atoms with Gasteiger partial charge in [0, 0.05) is 48.7 Å². The number of benzene rings is 1. The van der Waals surface area contributed by atoms with E-state index in [9.17, 15) is 14.4 Å². The van der Waals surface area contributed by atoms with E-state index in [1.54, 1.807) is 36.0 Å². The fourth-order valence-electron chi connectivity index (χ4n) is 2.97. The van der Waals surface area contributed by atoms with Crippen LogP contribution in [-0.4, -0.2) is 50.7 Å². The second-order valence-electron chi connectivity index (χ2n) is 7.86. The lowest BCUT2D eigenvalue weighted by atomic mass is 10.1. The van der Waals surface area contributed by atoms with E-state index in [4.69, 9.17) is 5.73 Å². The number of nitrogens with two attached hydrogens (primary N) is 1. The number of carbonyl (C=O) groups is 3. The predicted molar refractivity (Wildman–Crippen MR) is 131 cm³/mol. The number of nitrogens with one attached hydrogen (secondary N) is 2. The number of hydrogen-bond acceptors (Lipinski definition) is 7. The number of aromatic nitrogens is 4. The average molecular weight is 482 g/mol. The first-order chi connectivity index (χ1) is 16.2. The predicted octanol–water partition coefficient (Wildman–Crippen LogP) is 2.63. The van der Waals surface area contributed by atoms with Gasteiger partial charge in [-0.2, -0.15) is 0 Å². The lowest BCUT2D eigenvalue weighted by Gasteiger charge is -2.18. The van der Waals surface area contributed by atoms with Gasteiger partial charge in [-0.05, 0) is 5.56 Å². The number of hydrogen-bond donors (Lipinski definition) is 3. The van der Waals surface area contributed by atoms with Crippen LogP contribution in [-0.2, 0) is 16.0 Å². The zero-order chi connectivity index (χ0) is 24.7. The highest BCUT2D eigenvalue weighted by atomic mass is 32.2. The third-order valence-corrected chi connectivity index (χ3v) is 5.93. The van der Waals surface area contributed by atoms with Crippen LogP contribution >= 0.6 is 11.8 Å². The van der Waals surface area contributed by atoms with Crippen molar-refractivity contribution in [2.24, 2.45) is 11.7 Å². The minimum absolute atomic E-state index is 0.0286. The maximum absolute atomic E-state index is 11.8. The molecule has 178 valence electrons. The Morgan fingerprint density at radius 1 is 1.26 bits per heavy atom. The Bertz CT molecular complexity index is 1160. The molecule has 0 saturated carbocycles. The molecule has 3 aromatic rings. The molecule has 0 unspecified atom stereocenters. The number of H-pyrrole nitrogens is 1. The van der Waals surface area contributed by atoms with Gasteiger partial charge in [-0.3, -0.25) is 19.5 Å². The summed E-state index contributed by atoms with van der Waals surface area (Å²) < 4.78 is 0. The summed E-state index contributed by atoms with van der Waals surface area (Å²) in [5.41, 5.74) is 6.95. The van der Waals surface area contributed by atoms with Crippen molar-refractivity contribution >= 4 is 41.0 Å². The molecule has 1 aromatic carbocycles. The van der Waals surface area contributed by atoms with E-state index in [0.29, 0.717) is 24.5 Å². The summed E-state index contributed by atoms with van der Waals surface area (Å²) in [5.74, 6) is 1.19. The number of amides is 3. The lowest BCUT2D eigenvalue weighted by Crippen LogP contribution is -2.26. The van der Waals surface area contributed by atoms with Crippen LogP contribution in [0.5, 0.6) is 0 Å². The number of carbonyl (C=O) groups excluding carboxylic acids is 3. The van der Waals surface area contributed by atoms with Gasteiger partial charge in [0.25, 0.3) is 5.91 Å². The van der Waals surface area contributed by atoms with Crippen molar-refractivity contribution in [3.8, 4) is 0 Å². The number of primary amides is 1. The number of pyridine rings is 1. The van der Waals surface area contributed by atoms with E-state index in [0.717, 1.165) is 21.9 Å². The molecule has 0 aliphatic carbocycles. The van der Waals surface area contributed by atoms with Gasteiger partial charge < -0.3 is 16.0 Å². The van der Waals surface area contributed by atoms with Gasteiger partial charge >= 0.3 is 0 Å². The van der Waals surface area contributed by atoms with Gasteiger partial charge in [0.05, 0.1) is 5.69 Å². The van der Waals surface area contributed by atoms with Crippen LogP contribution in [0.4, 0.5) is 11.5 Å². The molecular formula is C23H27N7O3S. The summed E-state index contributed by atoms with van der Waals surface area (Å²) in [6.07, 6.45) is 2.84. The molecule has 0 radical (unpaired) electrons. The van der Waals surface area contributed by atoms with E-state index in [2.05, 4.69) is 25.5 Å². The largest absolute Gasteiger partial charge is 0.363 e. The molecule has 4 rings (SSSR count).